The lowest BCUT2D eigenvalue weighted by Crippen LogP contribution is -1.99. The van der Waals surface area contributed by atoms with E-state index in [-0.39, 0.29) is 16.6 Å². The van der Waals surface area contributed by atoms with Gasteiger partial charge in [-0.2, -0.15) is 8.42 Å². The number of hydrogen-bond acceptors (Lipinski definition) is 14. The van der Waals surface area contributed by atoms with Gasteiger partial charge >= 0.3 is 0 Å². The number of hydrogen-bond donors (Lipinski definition) is 3. The minimum absolute atomic E-state index is 0.0366. The largest absolute Gasteiger partial charge is 0.504 e. The lowest BCUT2D eigenvalue weighted by atomic mass is 10.1. The molecule has 0 amide bonds. The quantitative estimate of drug-likeness (QED) is 0.0501. The van der Waals surface area contributed by atoms with Crippen LogP contribution in [0.1, 0.15) is 0 Å². The van der Waals surface area contributed by atoms with E-state index in [0.29, 0.717) is 32.9 Å². The first-order chi connectivity index (χ1) is 20.8. The van der Waals surface area contributed by atoms with Crippen LogP contribution < -0.4 is 0 Å². The van der Waals surface area contributed by atoms with Gasteiger partial charge in [-0.3, -0.25) is 19.5 Å². The van der Waals surface area contributed by atoms with Crippen LogP contribution in [0.5, 0.6) is 5.75 Å². The smallest absolute Gasteiger partial charge is 0.295 e. The highest BCUT2D eigenvalue weighted by Crippen LogP contribution is 2.40. The first kappa shape index (κ1) is 28.2. The number of phenols is 1. The molecule has 0 radical (unpaired) electrons. The van der Waals surface area contributed by atoms with Crippen molar-refractivity contribution >= 4 is 77.6 Å². The lowest BCUT2D eigenvalue weighted by molar-refractivity contribution is -0.432. The van der Waals surface area contributed by atoms with E-state index in [0.717, 1.165) is 29.0 Å². The Bertz CT molecular complexity index is 2200. The fourth-order valence-corrected chi connectivity index (χ4v) is 5.37. The highest BCUT2D eigenvalue weighted by atomic mass is 32.2. The molecule has 0 aliphatic carbocycles. The topological polar surface area (TPSA) is 201 Å². The van der Waals surface area contributed by atoms with Crippen LogP contribution >= 0.6 is 12.0 Å². The standard InChI is InChI=1S/C27H17N7O7S2/c35-27-23(13-24(43(37,38)39)19-4-2-10-29-26(19)27)34-33-22-8-7-21(18-3-1-9-28-25(18)22)32-31-16-11-15-12-17(42-41-40-36)5-6-20(15)30-14-16/h1-14,35-36H,(H,37,38,39). The second kappa shape index (κ2) is 11.7. The van der Waals surface area contributed by atoms with Crippen molar-refractivity contribution in [1.29, 1.82) is 0 Å². The first-order valence-electron chi connectivity index (χ1n) is 12.2. The average molecular weight is 616 g/mol. The van der Waals surface area contributed by atoms with E-state index in [1.165, 1.54) is 18.3 Å². The number of aromatic hydroxyl groups is 1. The molecule has 43 heavy (non-hydrogen) atoms. The van der Waals surface area contributed by atoms with Gasteiger partial charge in [-0.05, 0) is 66.7 Å². The van der Waals surface area contributed by atoms with Crippen molar-refractivity contribution < 1.29 is 32.7 Å². The van der Waals surface area contributed by atoms with Crippen LogP contribution in [-0.2, 0) is 19.5 Å². The Kier molecular flexibility index (Phi) is 7.68. The minimum atomic E-state index is -4.65. The van der Waals surface area contributed by atoms with E-state index in [4.69, 9.17) is 5.26 Å². The molecular weight excluding hydrogens is 598 g/mol. The summed E-state index contributed by atoms with van der Waals surface area (Å²) in [5.41, 5.74) is 2.12. The van der Waals surface area contributed by atoms with Gasteiger partial charge in [0.15, 0.2) is 5.75 Å². The zero-order chi connectivity index (χ0) is 30.0. The van der Waals surface area contributed by atoms with Crippen LogP contribution in [0.4, 0.5) is 22.7 Å². The maximum Gasteiger partial charge on any atom is 0.295 e. The van der Waals surface area contributed by atoms with E-state index >= 15 is 0 Å². The number of phenolic OH excluding ortho intramolecular Hbond substituents is 1. The fraction of sp³-hybridized carbons (Fsp3) is 0. The molecule has 0 fully saturated rings. The Hall–Kier alpha value is -4.97. The van der Waals surface area contributed by atoms with Crippen molar-refractivity contribution in [3.63, 3.8) is 0 Å². The summed E-state index contributed by atoms with van der Waals surface area (Å²) in [6, 6.07) is 17.7. The first-order valence-corrected chi connectivity index (χ1v) is 14.3. The molecule has 214 valence electrons. The maximum absolute atomic E-state index is 12.0. The second-order valence-electron chi connectivity index (χ2n) is 8.79. The summed E-state index contributed by atoms with van der Waals surface area (Å²) in [7, 11) is -4.65. The molecule has 3 heterocycles. The summed E-state index contributed by atoms with van der Waals surface area (Å²) in [6.07, 6.45) is 4.50. The lowest BCUT2D eigenvalue weighted by Gasteiger charge is -2.08. The maximum atomic E-state index is 12.0. The highest BCUT2D eigenvalue weighted by Gasteiger charge is 2.20. The molecule has 6 aromatic rings. The molecule has 3 N–H and O–H groups in total. The molecule has 0 aliphatic heterocycles. The van der Waals surface area contributed by atoms with Gasteiger partial charge in [0.05, 0.1) is 35.0 Å². The van der Waals surface area contributed by atoms with Gasteiger partial charge in [0, 0.05) is 33.4 Å². The van der Waals surface area contributed by atoms with Crippen molar-refractivity contribution in [2.75, 3.05) is 0 Å². The van der Waals surface area contributed by atoms with Gasteiger partial charge in [0.2, 0.25) is 0 Å². The molecule has 0 saturated carbocycles. The van der Waals surface area contributed by atoms with Gasteiger partial charge < -0.3 is 5.11 Å². The van der Waals surface area contributed by atoms with E-state index in [9.17, 15) is 18.1 Å². The van der Waals surface area contributed by atoms with Crippen molar-refractivity contribution in [1.82, 2.24) is 15.0 Å². The molecule has 3 aromatic carbocycles. The summed E-state index contributed by atoms with van der Waals surface area (Å²) in [5, 5.41) is 41.1. The van der Waals surface area contributed by atoms with Crippen molar-refractivity contribution in [2.45, 2.75) is 9.79 Å². The molecule has 0 atom stereocenters. The molecule has 0 spiro atoms. The minimum Gasteiger partial charge on any atom is -0.504 e. The Morgan fingerprint density at radius 2 is 1.49 bits per heavy atom. The normalized spacial score (nSPS) is 12.3. The number of nitrogens with zero attached hydrogens (tertiary/aromatic N) is 7. The molecule has 6 rings (SSSR count). The van der Waals surface area contributed by atoms with E-state index in [1.54, 1.807) is 60.9 Å². The van der Waals surface area contributed by atoms with Crippen molar-refractivity contribution in [3.8, 4) is 5.75 Å². The van der Waals surface area contributed by atoms with Crippen LogP contribution in [0.2, 0.25) is 0 Å². The summed E-state index contributed by atoms with van der Waals surface area (Å²) >= 11 is 0.827. The Balaban J connectivity index is 1.35. The summed E-state index contributed by atoms with van der Waals surface area (Å²) in [4.78, 5) is 13.0. The molecule has 16 heteroatoms. The van der Waals surface area contributed by atoms with E-state index < -0.39 is 20.8 Å². The van der Waals surface area contributed by atoms with E-state index in [2.05, 4.69) is 44.8 Å². The Morgan fingerprint density at radius 3 is 2.28 bits per heavy atom. The highest BCUT2D eigenvalue weighted by molar-refractivity contribution is 7.94. The van der Waals surface area contributed by atoms with Gasteiger partial charge in [-0.15, -0.1) is 24.8 Å². The number of fused-ring (bicyclic) bond motifs is 3. The summed E-state index contributed by atoms with van der Waals surface area (Å²) < 4.78 is 38.2. The number of benzene rings is 3. The number of pyridine rings is 3. The van der Waals surface area contributed by atoms with Crippen molar-refractivity contribution in [2.24, 2.45) is 20.5 Å². The van der Waals surface area contributed by atoms with Crippen LogP contribution in [0.15, 0.2) is 116 Å². The van der Waals surface area contributed by atoms with Gasteiger partial charge in [0.25, 0.3) is 10.1 Å². The van der Waals surface area contributed by atoms with Gasteiger partial charge in [0.1, 0.15) is 27.5 Å². The van der Waals surface area contributed by atoms with E-state index in [1.807, 2.05) is 0 Å². The molecule has 0 saturated heterocycles. The molecule has 0 aliphatic rings. The SMILES string of the molecule is O=S(=O)(O)c1cc(N=Nc2ccc(N=Nc3cnc4ccc(SOOO)cc4c3)c3cccnc23)c(O)c2ncccc12. The Morgan fingerprint density at radius 1 is 0.767 bits per heavy atom. The van der Waals surface area contributed by atoms with Gasteiger partial charge in [-0.25, -0.2) is 5.26 Å². The average Bonchev–Trinajstić information content (AvgIpc) is 3.02. The third-order valence-electron chi connectivity index (χ3n) is 6.15. The molecule has 3 aromatic heterocycles. The summed E-state index contributed by atoms with van der Waals surface area (Å²) in [5.74, 6) is -0.404. The van der Waals surface area contributed by atoms with Crippen LogP contribution in [0, 0.1) is 0 Å². The predicted octanol–water partition coefficient (Wildman–Crippen LogP) is 7.54. The number of rotatable bonds is 8. The molecule has 0 unspecified atom stereocenters. The second-order valence-corrected chi connectivity index (χ2v) is 11.0. The fourth-order valence-electron chi connectivity index (χ4n) is 4.26. The third kappa shape index (κ3) is 5.86. The summed E-state index contributed by atoms with van der Waals surface area (Å²) in [6.45, 7) is 0. The zero-order valence-electron chi connectivity index (χ0n) is 21.5. The molecule has 14 nitrogen and oxygen atoms in total. The van der Waals surface area contributed by atoms with Crippen molar-refractivity contribution in [3.05, 3.63) is 85.3 Å². The van der Waals surface area contributed by atoms with Crippen LogP contribution in [0.25, 0.3) is 32.7 Å². The monoisotopic (exact) mass is 615 g/mol. The van der Waals surface area contributed by atoms with Crippen LogP contribution in [0.3, 0.4) is 0 Å². The third-order valence-corrected chi connectivity index (χ3v) is 7.62. The number of azo groups is 2. The number of aromatic nitrogens is 3. The Labute approximate surface area is 246 Å². The molecular formula is C27H17N7O7S2. The zero-order valence-corrected chi connectivity index (χ0v) is 23.1. The molecule has 0 bridgehead atoms. The predicted molar refractivity (Wildman–Crippen MR) is 156 cm³/mol. The van der Waals surface area contributed by atoms with Gasteiger partial charge in [-0.1, -0.05) is 5.04 Å². The van der Waals surface area contributed by atoms with Crippen LogP contribution in [-0.4, -0.2) is 38.3 Å².